The quantitative estimate of drug-likeness (QED) is 0.827. The lowest BCUT2D eigenvalue weighted by atomic mass is 9.78. The monoisotopic (exact) mass is 344 g/mol. The van der Waals surface area contributed by atoms with E-state index in [-0.39, 0.29) is 6.09 Å². The molecule has 5 heteroatoms. The minimum atomic E-state index is -0.513. The van der Waals surface area contributed by atoms with Gasteiger partial charge in [0.1, 0.15) is 11.4 Å². The Bertz CT molecular complexity index is 638. The predicted octanol–water partition coefficient (Wildman–Crippen LogP) is 3.09. The van der Waals surface area contributed by atoms with Crippen molar-refractivity contribution < 1.29 is 14.3 Å². The maximum atomic E-state index is 12.7. The Morgan fingerprint density at radius 2 is 1.88 bits per heavy atom. The van der Waals surface area contributed by atoms with E-state index < -0.39 is 11.0 Å². The number of ether oxygens (including phenoxy) is 1. The van der Waals surface area contributed by atoms with Gasteiger partial charge < -0.3 is 9.64 Å². The Labute approximate surface area is 149 Å². The summed E-state index contributed by atoms with van der Waals surface area (Å²) in [5.74, 6) is 0.294. The number of rotatable bonds is 2. The lowest BCUT2D eigenvalue weighted by Crippen LogP contribution is -2.53. The molecule has 1 spiro atoms. The molecule has 2 aliphatic rings. The number of Topliss-reactive ketones (excluding diaryl/α,β-unsaturated/α-hetero) is 1. The van der Waals surface area contributed by atoms with Crippen LogP contribution in [0.1, 0.15) is 39.2 Å². The first-order valence-electron chi connectivity index (χ1n) is 9.05. The molecule has 0 aliphatic carbocycles. The predicted molar refractivity (Wildman–Crippen MR) is 96.2 cm³/mol. The number of ketones is 1. The molecule has 2 heterocycles. The van der Waals surface area contributed by atoms with Gasteiger partial charge in [-0.1, -0.05) is 30.3 Å². The van der Waals surface area contributed by atoms with E-state index in [1.807, 2.05) is 39.0 Å². The topological polar surface area (TPSA) is 49.9 Å². The number of carbonyl (C=O) groups excluding carboxylic acids is 2. The van der Waals surface area contributed by atoms with Gasteiger partial charge in [0, 0.05) is 32.6 Å². The second kappa shape index (κ2) is 6.79. The first kappa shape index (κ1) is 17.9. The van der Waals surface area contributed by atoms with Crippen LogP contribution in [0.2, 0.25) is 0 Å². The van der Waals surface area contributed by atoms with Gasteiger partial charge in [0.2, 0.25) is 0 Å². The van der Waals surface area contributed by atoms with Crippen molar-refractivity contribution in [1.29, 1.82) is 0 Å². The largest absolute Gasteiger partial charge is 0.444 e. The zero-order valence-corrected chi connectivity index (χ0v) is 15.5. The van der Waals surface area contributed by atoms with E-state index in [1.54, 1.807) is 4.90 Å². The molecule has 1 aromatic rings. The molecule has 0 radical (unpaired) electrons. The minimum Gasteiger partial charge on any atom is -0.444 e. The van der Waals surface area contributed by atoms with Gasteiger partial charge in [-0.2, -0.15) is 0 Å². The number of carbonyl (C=O) groups is 2. The summed E-state index contributed by atoms with van der Waals surface area (Å²) < 4.78 is 5.50. The molecule has 2 fully saturated rings. The van der Waals surface area contributed by atoms with Crippen LogP contribution in [-0.4, -0.2) is 53.5 Å². The zero-order chi connectivity index (χ0) is 18.1. The molecule has 5 nitrogen and oxygen atoms in total. The fourth-order valence-electron chi connectivity index (χ4n) is 3.81. The van der Waals surface area contributed by atoms with Crippen LogP contribution in [0.3, 0.4) is 0 Å². The first-order valence-corrected chi connectivity index (χ1v) is 9.05. The normalized spacial score (nSPS) is 24.8. The molecule has 136 valence electrons. The third-order valence-corrected chi connectivity index (χ3v) is 5.03. The summed E-state index contributed by atoms with van der Waals surface area (Å²) in [4.78, 5) is 29.1. The number of amides is 1. The molecular weight excluding hydrogens is 316 g/mol. The van der Waals surface area contributed by atoms with Gasteiger partial charge in [0.15, 0.2) is 0 Å². The average molecular weight is 344 g/mol. The third-order valence-electron chi connectivity index (χ3n) is 5.03. The lowest BCUT2D eigenvalue weighted by molar-refractivity contribution is -0.132. The highest BCUT2D eigenvalue weighted by atomic mass is 16.6. The fourth-order valence-corrected chi connectivity index (χ4v) is 3.81. The van der Waals surface area contributed by atoms with Crippen molar-refractivity contribution in [3.63, 3.8) is 0 Å². The van der Waals surface area contributed by atoms with Crippen molar-refractivity contribution in [2.24, 2.45) is 5.41 Å². The molecule has 2 saturated heterocycles. The van der Waals surface area contributed by atoms with Crippen LogP contribution < -0.4 is 0 Å². The highest BCUT2D eigenvalue weighted by Crippen LogP contribution is 2.37. The highest BCUT2D eigenvalue weighted by molar-refractivity contribution is 5.88. The van der Waals surface area contributed by atoms with Crippen molar-refractivity contribution in [3.05, 3.63) is 35.9 Å². The van der Waals surface area contributed by atoms with E-state index in [4.69, 9.17) is 4.74 Å². The first-order chi connectivity index (χ1) is 11.8. The maximum absolute atomic E-state index is 12.7. The number of nitrogens with zero attached hydrogens (tertiary/aromatic N) is 2. The maximum Gasteiger partial charge on any atom is 0.410 e. The molecule has 0 unspecified atom stereocenters. The Morgan fingerprint density at radius 1 is 1.16 bits per heavy atom. The number of likely N-dealkylation sites (tertiary alicyclic amines) is 2. The van der Waals surface area contributed by atoms with Gasteiger partial charge in [-0.05, 0) is 39.3 Å². The molecule has 1 aromatic carbocycles. The van der Waals surface area contributed by atoms with E-state index in [9.17, 15) is 9.59 Å². The van der Waals surface area contributed by atoms with Gasteiger partial charge in [-0.3, -0.25) is 9.69 Å². The van der Waals surface area contributed by atoms with Crippen LogP contribution in [0.15, 0.2) is 30.3 Å². The van der Waals surface area contributed by atoms with E-state index in [2.05, 4.69) is 17.0 Å². The Kier molecular flexibility index (Phi) is 4.87. The summed E-state index contributed by atoms with van der Waals surface area (Å²) >= 11 is 0. The summed E-state index contributed by atoms with van der Waals surface area (Å²) in [6, 6.07) is 10.3. The second-order valence-corrected chi connectivity index (χ2v) is 8.30. The van der Waals surface area contributed by atoms with Crippen molar-refractivity contribution in [2.75, 3.05) is 26.2 Å². The Morgan fingerprint density at radius 3 is 2.56 bits per heavy atom. The molecule has 0 bridgehead atoms. The number of hydrogen-bond acceptors (Lipinski definition) is 4. The van der Waals surface area contributed by atoms with Crippen molar-refractivity contribution in [2.45, 2.75) is 45.8 Å². The SMILES string of the molecule is CC(C)(C)OC(=O)N1CCC(=O)[C@]2(CCN(Cc3ccccc3)C2)C1. The fraction of sp³-hybridized carbons (Fsp3) is 0.600. The van der Waals surface area contributed by atoms with Crippen molar-refractivity contribution in [1.82, 2.24) is 9.80 Å². The van der Waals surface area contributed by atoms with Gasteiger partial charge in [0.25, 0.3) is 0 Å². The molecule has 0 saturated carbocycles. The van der Waals surface area contributed by atoms with Crippen molar-refractivity contribution in [3.8, 4) is 0 Å². The molecule has 1 atom stereocenters. The van der Waals surface area contributed by atoms with Crippen LogP contribution in [-0.2, 0) is 16.1 Å². The van der Waals surface area contributed by atoms with Crippen LogP contribution in [0.5, 0.6) is 0 Å². The number of hydrogen-bond donors (Lipinski definition) is 0. The van der Waals surface area contributed by atoms with Crippen LogP contribution in [0, 0.1) is 5.41 Å². The molecule has 0 aromatic heterocycles. The van der Waals surface area contributed by atoms with Gasteiger partial charge in [0.05, 0.1) is 5.41 Å². The van der Waals surface area contributed by atoms with Crippen LogP contribution >= 0.6 is 0 Å². The summed E-state index contributed by atoms with van der Waals surface area (Å²) in [6.45, 7) is 9.01. The summed E-state index contributed by atoms with van der Waals surface area (Å²) in [6.07, 6.45) is 0.942. The molecule has 3 rings (SSSR count). The van der Waals surface area contributed by atoms with Gasteiger partial charge in [-0.15, -0.1) is 0 Å². The van der Waals surface area contributed by atoms with E-state index in [0.29, 0.717) is 25.3 Å². The van der Waals surface area contributed by atoms with E-state index in [0.717, 1.165) is 26.1 Å². The van der Waals surface area contributed by atoms with Crippen molar-refractivity contribution >= 4 is 11.9 Å². The number of benzene rings is 1. The summed E-state index contributed by atoms with van der Waals surface area (Å²) in [7, 11) is 0. The summed E-state index contributed by atoms with van der Waals surface area (Å²) in [5.41, 5.74) is 0.316. The Balaban J connectivity index is 1.66. The average Bonchev–Trinajstić information content (AvgIpc) is 2.93. The lowest BCUT2D eigenvalue weighted by Gasteiger charge is -2.39. The Hall–Kier alpha value is -1.88. The standard InChI is InChI=1S/C20H28N2O3/c1-19(2,3)25-18(24)22-11-9-17(23)20(15-22)10-12-21(14-20)13-16-7-5-4-6-8-16/h4-8H,9-15H2,1-3H3/t20-/m0/s1. The van der Waals surface area contributed by atoms with E-state index >= 15 is 0 Å². The van der Waals surface area contributed by atoms with Gasteiger partial charge >= 0.3 is 6.09 Å². The zero-order valence-electron chi connectivity index (χ0n) is 15.5. The number of piperidine rings is 1. The highest BCUT2D eigenvalue weighted by Gasteiger charge is 2.48. The molecular formula is C20H28N2O3. The van der Waals surface area contributed by atoms with Crippen LogP contribution in [0.4, 0.5) is 4.79 Å². The minimum absolute atomic E-state index is 0.294. The van der Waals surface area contributed by atoms with Crippen LogP contribution in [0.25, 0.3) is 0 Å². The summed E-state index contributed by atoms with van der Waals surface area (Å²) in [5, 5.41) is 0. The smallest absolute Gasteiger partial charge is 0.410 e. The third kappa shape index (κ3) is 4.21. The molecule has 0 N–H and O–H groups in total. The second-order valence-electron chi connectivity index (χ2n) is 8.30. The molecule has 25 heavy (non-hydrogen) atoms. The molecule has 1 amide bonds. The van der Waals surface area contributed by atoms with E-state index in [1.165, 1.54) is 5.56 Å². The molecule has 2 aliphatic heterocycles. The van der Waals surface area contributed by atoms with Gasteiger partial charge in [-0.25, -0.2) is 4.79 Å².